The summed E-state index contributed by atoms with van der Waals surface area (Å²) in [6.07, 6.45) is 0.742. The number of benzene rings is 3. The van der Waals surface area contributed by atoms with E-state index < -0.39 is 5.82 Å². The molecule has 0 radical (unpaired) electrons. The van der Waals surface area contributed by atoms with Crippen molar-refractivity contribution in [3.8, 4) is 17.2 Å². The van der Waals surface area contributed by atoms with E-state index in [0.717, 1.165) is 23.1 Å². The van der Waals surface area contributed by atoms with E-state index in [0.29, 0.717) is 0 Å². The van der Waals surface area contributed by atoms with Crippen LogP contribution in [0.4, 0.5) is 4.39 Å². The fraction of sp³-hybridized carbons (Fsp3) is 0.0952. The number of rotatable bonds is 4. The van der Waals surface area contributed by atoms with Crippen LogP contribution in [0, 0.1) is 17.1 Å². The Morgan fingerprint density at radius 3 is 2.38 bits per heavy atom. The minimum absolute atomic E-state index is 0.0516. The lowest BCUT2D eigenvalue weighted by Crippen LogP contribution is -2.13. The molecule has 0 fully saturated rings. The molecule has 0 spiro atoms. The predicted molar refractivity (Wildman–Crippen MR) is 93.6 cm³/mol. The normalized spacial score (nSPS) is 11.7. The summed E-state index contributed by atoms with van der Waals surface area (Å²) in [6, 6.07) is 24.2. The fourth-order valence-electron chi connectivity index (χ4n) is 2.72. The van der Waals surface area contributed by atoms with Gasteiger partial charge in [0.05, 0.1) is 5.56 Å². The maximum absolute atomic E-state index is 13.8. The predicted octanol–water partition coefficient (Wildman–Crippen LogP) is 4.61. The van der Waals surface area contributed by atoms with E-state index in [2.05, 4.69) is 12.1 Å². The first kappa shape index (κ1) is 15.9. The minimum atomic E-state index is -0.506. The summed E-state index contributed by atoms with van der Waals surface area (Å²) in [7, 11) is 0. The van der Waals surface area contributed by atoms with Crippen molar-refractivity contribution in [1.29, 1.82) is 5.26 Å². The van der Waals surface area contributed by atoms with E-state index in [1.807, 2.05) is 48.5 Å². The number of hydrogen-bond donors (Lipinski definition) is 1. The van der Waals surface area contributed by atoms with E-state index in [9.17, 15) is 4.39 Å². The molecule has 24 heavy (non-hydrogen) atoms. The Kier molecular flexibility index (Phi) is 4.69. The largest absolute Gasteiger partial charge is 0.324 e. The highest BCUT2D eigenvalue weighted by Gasteiger charge is 2.10. The Morgan fingerprint density at radius 2 is 1.67 bits per heavy atom. The third-order valence-corrected chi connectivity index (χ3v) is 4.04. The molecule has 3 aromatic rings. The molecule has 0 saturated heterocycles. The van der Waals surface area contributed by atoms with Crippen molar-refractivity contribution < 1.29 is 4.39 Å². The first-order valence-electron chi connectivity index (χ1n) is 7.77. The zero-order chi connectivity index (χ0) is 16.9. The average Bonchev–Trinajstić information content (AvgIpc) is 2.62. The van der Waals surface area contributed by atoms with Gasteiger partial charge in [0.1, 0.15) is 11.9 Å². The molecule has 0 aliphatic rings. The highest BCUT2D eigenvalue weighted by atomic mass is 19.1. The average molecular weight is 316 g/mol. The van der Waals surface area contributed by atoms with Crippen LogP contribution in [0.25, 0.3) is 11.1 Å². The van der Waals surface area contributed by atoms with Gasteiger partial charge in [-0.25, -0.2) is 4.39 Å². The topological polar surface area (TPSA) is 49.8 Å². The maximum Gasteiger partial charge on any atom is 0.141 e. The van der Waals surface area contributed by atoms with Crippen molar-refractivity contribution in [3.63, 3.8) is 0 Å². The third kappa shape index (κ3) is 3.51. The second-order valence-corrected chi connectivity index (χ2v) is 5.73. The zero-order valence-electron chi connectivity index (χ0n) is 13.1. The highest BCUT2D eigenvalue weighted by Crippen LogP contribution is 2.25. The van der Waals surface area contributed by atoms with Crippen LogP contribution >= 0.6 is 0 Å². The van der Waals surface area contributed by atoms with Crippen molar-refractivity contribution in [2.45, 2.75) is 12.5 Å². The summed E-state index contributed by atoms with van der Waals surface area (Å²) in [5, 5.41) is 8.83. The molecule has 3 heteroatoms. The Bertz CT molecular complexity index is 882. The molecule has 2 N–H and O–H groups in total. The Morgan fingerprint density at radius 1 is 0.917 bits per heavy atom. The molecule has 118 valence electrons. The monoisotopic (exact) mass is 316 g/mol. The molecule has 0 heterocycles. The van der Waals surface area contributed by atoms with Gasteiger partial charge in [-0.2, -0.15) is 5.26 Å². The minimum Gasteiger partial charge on any atom is -0.324 e. The molecule has 0 amide bonds. The van der Waals surface area contributed by atoms with Crippen molar-refractivity contribution in [3.05, 3.63) is 95.3 Å². The second kappa shape index (κ2) is 7.08. The molecular formula is C21H17FN2. The van der Waals surface area contributed by atoms with Crippen molar-refractivity contribution in [2.24, 2.45) is 5.73 Å². The van der Waals surface area contributed by atoms with Crippen LogP contribution in [-0.4, -0.2) is 0 Å². The number of nitrogens with zero attached hydrogens (tertiary/aromatic N) is 1. The Labute approximate surface area is 141 Å². The van der Waals surface area contributed by atoms with Crippen LogP contribution in [0.15, 0.2) is 72.8 Å². The molecule has 3 rings (SSSR count). The van der Waals surface area contributed by atoms with E-state index in [1.54, 1.807) is 6.07 Å². The Balaban J connectivity index is 1.86. The maximum atomic E-state index is 13.8. The van der Waals surface area contributed by atoms with Crippen molar-refractivity contribution in [2.75, 3.05) is 0 Å². The first-order chi connectivity index (χ1) is 11.7. The van der Waals surface area contributed by atoms with Crippen LogP contribution in [0.5, 0.6) is 0 Å². The lowest BCUT2D eigenvalue weighted by atomic mass is 9.95. The zero-order valence-corrected chi connectivity index (χ0v) is 13.1. The van der Waals surface area contributed by atoms with E-state index in [1.165, 1.54) is 17.7 Å². The Hall–Kier alpha value is -2.96. The van der Waals surface area contributed by atoms with Gasteiger partial charge < -0.3 is 5.73 Å². The van der Waals surface area contributed by atoms with Crippen LogP contribution in [0.3, 0.4) is 0 Å². The summed E-state index contributed by atoms with van der Waals surface area (Å²) >= 11 is 0. The number of hydrogen-bond acceptors (Lipinski definition) is 2. The third-order valence-electron chi connectivity index (χ3n) is 4.04. The van der Waals surface area contributed by atoms with Gasteiger partial charge in [-0.1, -0.05) is 54.6 Å². The smallest absolute Gasteiger partial charge is 0.141 e. The van der Waals surface area contributed by atoms with E-state index in [-0.39, 0.29) is 11.6 Å². The lowest BCUT2D eigenvalue weighted by molar-refractivity contribution is 0.624. The molecular weight excluding hydrogens is 299 g/mol. The summed E-state index contributed by atoms with van der Waals surface area (Å²) in [6.45, 7) is 0. The van der Waals surface area contributed by atoms with Crippen LogP contribution in [0.2, 0.25) is 0 Å². The van der Waals surface area contributed by atoms with Gasteiger partial charge in [0, 0.05) is 6.04 Å². The molecule has 3 aromatic carbocycles. The molecule has 2 nitrogen and oxygen atoms in total. The van der Waals surface area contributed by atoms with E-state index >= 15 is 0 Å². The summed E-state index contributed by atoms with van der Waals surface area (Å²) in [5.74, 6) is -0.506. The van der Waals surface area contributed by atoms with Crippen molar-refractivity contribution in [1.82, 2.24) is 0 Å². The molecule has 1 unspecified atom stereocenters. The van der Waals surface area contributed by atoms with Gasteiger partial charge >= 0.3 is 0 Å². The van der Waals surface area contributed by atoms with Gasteiger partial charge in [0.15, 0.2) is 0 Å². The quantitative estimate of drug-likeness (QED) is 0.764. The lowest BCUT2D eigenvalue weighted by Gasteiger charge is -2.14. The molecule has 0 saturated carbocycles. The van der Waals surface area contributed by atoms with Gasteiger partial charge in [0.2, 0.25) is 0 Å². The van der Waals surface area contributed by atoms with Gasteiger partial charge in [-0.15, -0.1) is 0 Å². The number of halogens is 1. The summed E-state index contributed by atoms with van der Waals surface area (Å²) in [4.78, 5) is 0. The van der Waals surface area contributed by atoms with Gasteiger partial charge in [-0.05, 0) is 46.9 Å². The molecule has 0 aliphatic heterocycles. The second-order valence-electron chi connectivity index (χ2n) is 5.73. The number of nitrogens with two attached hydrogens (primary N) is 1. The molecule has 0 aliphatic carbocycles. The molecule has 0 bridgehead atoms. The van der Waals surface area contributed by atoms with Crippen molar-refractivity contribution >= 4 is 0 Å². The number of nitriles is 1. The molecule has 1 atom stereocenters. The summed E-state index contributed by atoms with van der Waals surface area (Å²) in [5.41, 5.74) is 10.2. The molecule has 0 aromatic heterocycles. The van der Waals surface area contributed by atoms with Crippen LogP contribution in [-0.2, 0) is 6.42 Å². The fourth-order valence-corrected chi connectivity index (χ4v) is 2.72. The van der Waals surface area contributed by atoms with Crippen LogP contribution in [0.1, 0.15) is 22.7 Å². The van der Waals surface area contributed by atoms with Crippen LogP contribution < -0.4 is 5.73 Å². The standard InChI is InChI=1S/C21H17FN2/c22-20-13-17(9-10-19(20)14-23)16-7-4-8-18(12-16)21(24)11-15-5-2-1-3-6-15/h1-10,12-13,21H,11,24H2. The first-order valence-corrected chi connectivity index (χ1v) is 7.77. The summed E-state index contributed by atoms with van der Waals surface area (Å²) < 4.78 is 13.8. The highest BCUT2D eigenvalue weighted by molar-refractivity contribution is 5.65. The van der Waals surface area contributed by atoms with E-state index in [4.69, 9.17) is 11.0 Å². The van der Waals surface area contributed by atoms with Gasteiger partial charge in [-0.3, -0.25) is 0 Å². The van der Waals surface area contributed by atoms with Gasteiger partial charge in [0.25, 0.3) is 0 Å². The SMILES string of the molecule is N#Cc1ccc(-c2cccc(C(N)Cc3ccccc3)c2)cc1F.